The lowest BCUT2D eigenvalue weighted by Gasteiger charge is -2.14. The molecule has 7 heteroatoms. The van der Waals surface area contributed by atoms with Crippen molar-refractivity contribution in [2.24, 2.45) is 0 Å². The average molecular weight is 381 g/mol. The number of hydrogen-bond acceptors (Lipinski definition) is 3. The molecule has 2 aromatic carbocycles. The Balaban J connectivity index is 1.83. The van der Waals surface area contributed by atoms with Crippen molar-refractivity contribution in [1.82, 2.24) is 19.1 Å². The van der Waals surface area contributed by atoms with Gasteiger partial charge in [0.25, 0.3) is 5.56 Å². The van der Waals surface area contributed by atoms with Gasteiger partial charge in [-0.15, -0.1) is 0 Å². The monoisotopic (exact) mass is 380 g/mol. The Hall–Kier alpha value is -3.12. The molecule has 0 unspecified atom stereocenters. The summed E-state index contributed by atoms with van der Waals surface area (Å²) in [7, 11) is 0. The van der Waals surface area contributed by atoms with Gasteiger partial charge in [0.15, 0.2) is 0 Å². The molecule has 0 amide bonds. The topological polar surface area (TPSA) is 72.7 Å². The van der Waals surface area contributed by atoms with Gasteiger partial charge >= 0.3 is 5.69 Å². The maximum atomic E-state index is 13.2. The predicted octanol–water partition coefficient (Wildman–Crippen LogP) is 3.16. The molecule has 0 bridgehead atoms. The molecule has 0 fully saturated rings. The Morgan fingerprint density at radius 1 is 1.04 bits per heavy atom. The quantitative estimate of drug-likeness (QED) is 0.578. The van der Waals surface area contributed by atoms with Crippen LogP contribution in [0.3, 0.4) is 0 Å². The van der Waals surface area contributed by atoms with Gasteiger partial charge < -0.3 is 4.98 Å². The van der Waals surface area contributed by atoms with Gasteiger partial charge in [0, 0.05) is 23.5 Å². The summed E-state index contributed by atoms with van der Waals surface area (Å²) < 4.78 is 2.86. The number of nitrogens with one attached hydrogen (secondary N) is 1. The molecule has 6 nitrogen and oxygen atoms in total. The van der Waals surface area contributed by atoms with E-state index in [9.17, 15) is 9.59 Å². The molecule has 136 valence electrons. The predicted molar refractivity (Wildman–Crippen MR) is 106 cm³/mol. The molecule has 0 saturated carbocycles. The minimum atomic E-state index is -0.356. The summed E-state index contributed by atoms with van der Waals surface area (Å²) in [4.78, 5) is 33.2. The Bertz CT molecular complexity index is 1190. The van der Waals surface area contributed by atoms with Crippen molar-refractivity contribution >= 4 is 22.5 Å². The van der Waals surface area contributed by atoms with Gasteiger partial charge in [-0.1, -0.05) is 23.7 Å². The van der Waals surface area contributed by atoms with Crippen molar-refractivity contribution in [3.8, 4) is 5.69 Å². The number of nitrogens with zero attached hydrogens (tertiary/aromatic N) is 3. The third-order valence-electron chi connectivity index (χ3n) is 4.52. The first-order valence-corrected chi connectivity index (χ1v) is 9.01. The fourth-order valence-corrected chi connectivity index (χ4v) is 3.33. The van der Waals surface area contributed by atoms with Crippen LogP contribution in [0, 0.1) is 0 Å². The van der Waals surface area contributed by atoms with Gasteiger partial charge in [0.05, 0.1) is 22.9 Å². The fourth-order valence-electron chi connectivity index (χ4n) is 3.20. The molecule has 0 aliphatic rings. The molecule has 1 N–H and O–H groups in total. The van der Waals surface area contributed by atoms with E-state index < -0.39 is 0 Å². The molecule has 2 aromatic heterocycles. The van der Waals surface area contributed by atoms with Crippen LogP contribution in [0.5, 0.6) is 0 Å². The van der Waals surface area contributed by atoms with Gasteiger partial charge in [0.1, 0.15) is 0 Å². The van der Waals surface area contributed by atoms with Crippen molar-refractivity contribution in [3.05, 3.63) is 92.6 Å². The summed E-state index contributed by atoms with van der Waals surface area (Å²) >= 11 is 5.94. The third-order valence-corrected chi connectivity index (χ3v) is 4.77. The summed E-state index contributed by atoms with van der Waals surface area (Å²) in [5.41, 5.74) is 1.47. The number of fused-ring (bicyclic) bond motifs is 1. The lowest BCUT2D eigenvalue weighted by Crippen LogP contribution is -2.39. The highest BCUT2D eigenvalue weighted by molar-refractivity contribution is 6.30. The minimum Gasteiger partial charge on any atom is -0.348 e. The van der Waals surface area contributed by atoms with E-state index >= 15 is 0 Å². The highest BCUT2D eigenvalue weighted by Gasteiger charge is 2.14. The van der Waals surface area contributed by atoms with Gasteiger partial charge in [-0.2, -0.15) is 0 Å². The van der Waals surface area contributed by atoms with Crippen molar-refractivity contribution in [3.63, 3.8) is 0 Å². The molecule has 27 heavy (non-hydrogen) atoms. The van der Waals surface area contributed by atoms with Crippen LogP contribution < -0.4 is 11.2 Å². The maximum Gasteiger partial charge on any atom is 0.336 e. The second kappa shape index (κ2) is 7.25. The van der Waals surface area contributed by atoms with Crippen LogP contribution in [-0.2, 0) is 13.0 Å². The van der Waals surface area contributed by atoms with Crippen molar-refractivity contribution in [2.45, 2.75) is 19.4 Å². The SMILES string of the molecule is O=c1c2ccccc2n(CCCc2cnc[nH]2)c(=O)n1-c1ccc(Cl)cc1. The molecule has 0 atom stereocenters. The smallest absolute Gasteiger partial charge is 0.336 e. The van der Waals surface area contributed by atoms with E-state index in [4.69, 9.17) is 11.6 Å². The summed E-state index contributed by atoms with van der Waals surface area (Å²) in [5, 5.41) is 1.06. The zero-order chi connectivity index (χ0) is 18.8. The van der Waals surface area contributed by atoms with E-state index in [2.05, 4.69) is 9.97 Å². The van der Waals surface area contributed by atoms with Gasteiger partial charge in [0.2, 0.25) is 0 Å². The number of imidazole rings is 1. The number of benzene rings is 2. The molecular formula is C20H17ClN4O2. The van der Waals surface area contributed by atoms with E-state index in [0.29, 0.717) is 28.2 Å². The third kappa shape index (κ3) is 3.31. The van der Waals surface area contributed by atoms with Crippen LogP contribution in [0.2, 0.25) is 5.02 Å². The molecule has 4 aromatic rings. The van der Waals surface area contributed by atoms with Gasteiger partial charge in [-0.3, -0.25) is 9.36 Å². The van der Waals surface area contributed by atoms with E-state index in [1.807, 2.05) is 6.07 Å². The molecule has 0 aliphatic carbocycles. The number of rotatable bonds is 5. The molecular weight excluding hydrogens is 364 g/mol. The number of halogens is 1. The molecule has 2 heterocycles. The van der Waals surface area contributed by atoms with Gasteiger partial charge in [-0.25, -0.2) is 14.3 Å². The Morgan fingerprint density at radius 3 is 2.56 bits per heavy atom. The number of aromatic nitrogens is 4. The van der Waals surface area contributed by atoms with Crippen molar-refractivity contribution in [2.75, 3.05) is 0 Å². The second-order valence-electron chi connectivity index (χ2n) is 6.25. The maximum absolute atomic E-state index is 13.2. The first-order valence-electron chi connectivity index (χ1n) is 8.63. The first-order chi connectivity index (χ1) is 13.1. The normalized spacial score (nSPS) is 11.1. The van der Waals surface area contributed by atoms with Gasteiger partial charge in [-0.05, 0) is 49.2 Å². The zero-order valence-corrected chi connectivity index (χ0v) is 15.2. The first kappa shape index (κ1) is 17.3. The number of hydrogen-bond donors (Lipinski definition) is 1. The van der Waals surface area contributed by atoms with Crippen LogP contribution in [0.1, 0.15) is 12.1 Å². The van der Waals surface area contributed by atoms with Crippen LogP contribution in [0.4, 0.5) is 0 Å². The Morgan fingerprint density at radius 2 is 1.81 bits per heavy atom. The second-order valence-corrected chi connectivity index (χ2v) is 6.69. The lowest BCUT2D eigenvalue weighted by molar-refractivity contribution is 0.607. The Labute approximate surface area is 159 Å². The molecule has 0 aliphatic heterocycles. The fraction of sp³-hybridized carbons (Fsp3) is 0.150. The van der Waals surface area contributed by atoms with Crippen LogP contribution >= 0.6 is 11.6 Å². The standard InChI is InChI=1S/C20H17ClN4O2/c21-14-7-9-16(10-8-14)25-19(26)17-5-1-2-6-18(17)24(20(25)27)11-3-4-15-12-22-13-23-15/h1-2,5-10,12-13H,3-4,11H2,(H,22,23). The molecule has 0 spiro atoms. The number of H-pyrrole nitrogens is 1. The van der Waals surface area contributed by atoms with Crippen LogP contribution in [-0.4, -0.2) is 19.1 Å². The molecule has 4 rings (SSSR count). The van der Waals surface area contributed by atoms with E-state index in [1.54, 1.807) is 59.6 Å². The van der Waals surface area contributed by atoms with Crippen molar-refractivity contribution in [1.29, 1.82) is 0 Å². The minimum absolute atomic E-state index is 0.331. The van der Waals surface area contributed by atoms with E-state index in [0.717, 1.165) is 18.5 Å². The zero-order valence-electron chi connectivity index (χ0n) is 14.4. The molecule has 0 radical (unpaired) electrons. The van der Waals surface area contributed by atoms with Crippen molar-refractivity contribution < 1.29 is 0 Å². The van der Waals surface area contributed by atoms with Crippen LogP contribution in [0.15, 0.2) is 70.6 Å². The highest BCUT2D eigenvalue weighted by atomic mass is 35.5. The average Bonchev–Trinajstić information content (AvgIpc) is 3.19. The number of aromatic amines is 1. The van der Waals surface area contributed by atoms with E-state index in [-0.39, 0.29) is 11.2 Å². The number of para-hydroxylation sites is 1. The Kier molecular flexibility index (Phi) is 4.64. The number of aryl methyl sites for hydroxylation is 2. The van der Waals surface area contributed by atoms with Crippen LogP contribution in [0.25, 0.3) is 16.6 Å². The summed E-state index contributed by atoms with van der Waals surface area (Å²) in [6.45, 7) is 0.492. The highest BCUT2D eigenvalue weighted by Crippen LogP contribution is 2.14. The van der Waals surface area contributed by atoms with E-state index in [1.165, 1.54) is 4.57 Å². The summed E-state index contributed by atoms with van der Waals surface area (Å²) in [6, 6.07) is 13.9. The summed E-state index contributed by atoms with van der Waals surface area (Å²) in [6.07, 6.45) is 4.92. The summed E-state index contributed by atoms with van der Waals surface area (Å²) in [5.74, 6) is 0. The largest absolute Gasteiger partial charge is 0.348 e. The lowest BCUT2D eigenvalue weighted by atomic mass is 10.2. The molecule has 0 saturated heterocycles.